The Hall–Kier alpha value is -1.35. The highest BCUT2D eigenvalue weighted by Crippen LogP contribution is 2.33. The quantitative estimate of drug-likeness (QED) is 0.758. The number of ether oxygens (including phenoxy) is 2. The van der Waals surface area contributed by atoms with Gasteiger partial charge in [-0.1, -0.05) is 0 Å². The van der Waals surface area contributed by atoms with Crippen LogP contribution in [0.25, 0.3) is 0 Å². The second-order valence-electron chi connectivity index (χ2n) is 4.92. The van der Waals surface area contributed by atoms with Crippen LogP contribution in [0.3, 0.4) is 0 Å². The molecule has 2 aliphatic heterocycles. The predicted molar refractivity (Wildman–Crippen MR) is 57.9 cm³/mol. The summed E-state index contributed by atoms with van der Waals surface area (Å²) in [5, 5.41) is 8.98. The summed E-state index contributed by atoms with van der Waals surface area (Å²) in [7, 11) is 0. The fraction of sp³-hybridized carbons (Fsp3) is 0.818. The monoisotopic (exact) mass is 297 g/mol. The summed E-state index contributed by atoms with van der Waals surface area (Å²) in [5.74, 6) is -3.41. The van der Waals surface area contributed by atoms with E-state index in [2.05, 4.69) is 0 Å². The molecule has 0 bridgehead atoms. The van der Waals surface area contributed by atoms with Crippen LogP contribution in [0.4, 0.5) is 13.2 Å². The number of rotatable bonds is 1. The highest BCUT2D eigenvalue weighted by atomic mass is 19.4. The minimum Gasteiger partial charge on any atom is -0.479 e. The van der Waals surface area contributed by atoms with E-state index in [1.54, 1.807) is 0 Å². The van der Waals surface area contributed by atoms with Crippen molar-refractivity contribution in [3.8, 4) is 0 Å². The van der Waals surface area contributed by atoms with Gasteiger partial charge in [0, 0.05) is 26.1 Å². The topological polar surface area (TPSA) is 76.1 Å². The third-order valence-corrected chi connectivity index (χ3v) is 3.47. The van der Waals surface area contributed by atoms with Crippen LogP contribution in [0.5, 0.6) is 0 Å². The lowest BCUT2D eigenvalue weighted by Gasteiger charge is -2.46. The first-order valence-corrected chi connectivity index (χ1v) is 6.08. The molecule has 2 rings (SSSR count). The largest absolute Gasteiger partial charge is 0.479 e. The minimum absolute atomic E-state index is 0.262. The second-order valence-corrected chi connectivity index (χ2v) is 4.92. The molecule has 6 nitrogen and oxygen atoms in total. The summed E-state index contributed by atoms with van der Waals surface area (Å²) >= 11 is 0. The summed E-state index contributed by atoms with van der Waals surface area (Å²) in [4.78, 5) is 22.9. The zero-order valence-electron chi connectivity index (χ0n) is 10.5. The van der Waals surface area contributed by atoms with Crippen LogP contribution in [0.2, 0.25) is 0 Å². The van der Waals surface area contributed by atoms with E-state index in [-0.39, 0.29) is 32.6 Å². The number of hydrogen-bond acceptors (Lipinski definition) is 4. The predicted octanol–water partition coefficient (Wildman–Crippen LogP) is 0.410. The Morgan fingerprint density at radius 1 is 1.25 bits per heavy atom. The van der Waals surface area contributed by atoms with Gasteiger partial charge in [0.2, 0.25) is 0 Å². The van der Waals surface area contributed by atoms with Gasteiger partial charge in [-0.05, 0) is 0 Å². The van der Waals surface area contributed by atoms with Gasteiger partial charge in [0.1, 0.15) is 0 Å². The molecule has 9 heteroatoms. The van der Waals surface area contributed by atoms with Gasteiger partial charge in [-0.25, -0.2) is 4.79 Å². The lowest BCUT2D eigenvalue weighted by molar-refractivity contribution is -0.220. The van der Waals surface area contributed by atoms with Crippen LogP contribution in [0.1, 0.15) is 12.8 Å². The van der Waals surface area contributed by atoms with E-state index in [0.29, 0.717) is 4.90 Å². The van der Waals surface area contributed by atoms with Crippen LogP contribution in [-0.4, -0.2) is 66.1 Å². The Labute approximate surface area is 112 Å². The summed E-state index contributed by atoms with van der Waals surface area (Å²) in [6, 6.07) is 0. The molecule has 20 heavy (non-hydrogen) atoms. The third kappa shape index (κ3) is 3.04. The van der Waals surface area contributed by atoms with Crippen molar-refractivity contribution in [3.63, 3.8) is 0 Å². The number of amides is 1. The highest BCUT2D eigenvalue weighted by molar-refractivity contribution is 5.83. The summed E-state index contributed by atoms with van der Waals surface area (Å²) in [6.45, 7) is -0.338. The average molecular weight is 297 g/mol. The van der Waals surface area contributed by atoms with Gasteiger partial charge in [0.15, 0.2) is 6.10 Å². The maximum Gasteiger partial charge on any atom is 0.471 e. The van der Waals surface area contributed by atoms with Crippen molar-refractivity contribution in [1.82, 2.24) is 4.90 Å². The van der Waals surface area contributed by atoms with Gasteiger partial charge in [-0.15, -0.1) is 0 Å². The lowest BCUT2D eigenvalue weighted by Crippen LogP contribution is -2.62. The summed E-state index contributed by atoms with van der Waals surface area (Å²) in [6.07, 6.45) is -5.95. The molecule has 1 N–H and O–H groups in total. The van der Waals surface area contributed by atoms with Gasteiger partial charge >= 0.3 is 18.1 Å². The maximum absolute atomic E-state index is 12.5. The Kier molecular flexibility index (Phi) is 3.92. The van der Waals surface area contributed by atoms with Crippen LogP contribution in [-0.2, 0) is 19.1 Å². The van der Waals surface area contributed by atoms with Crippen LogP contribution >= 0.6 is 0 Å². The fourth-order valence-electron chi connectivity index (χ4n) is 2.47. The standard InChI is InChI=1S/C11H14F3NO5/c12-11(13,14)9(18)15-5-7(8(16)17)20-10(6-15)1-3-19-4-2-10/h7H,1-6H2,(H,16,17). The number of halogens is 3. The van der Waals surface area contributed by atoms with Gasteiger partial charge in [0.25, 0.3) is 0 Å². The van der Waals surface area contributed by atoms with Gasteiger partial charge in [-0.3, -0.25) is 4.79 Å². The van der Waals surface area contributed by atoms with Gasteiger partial charge < -0.3 is 19.5 Å². The SMILES string of the molecule is O=C(O)C1CN(C(=O)C(F)(F)F)CC2(CCOCC2)O1. The molecule has 2 saturated heterocycles. The summed E-state index contributed by atoms with van der Waals surface area (Å²) in [5.41, 5.74) is -1.07. The van der Waals surface area contributed by atoms with E-state index >= 15 is 0 Å². The van der Waals surface area contributed by atoms with Crippen molar-refractivity contribution in [1.29, 1.82) is 0 Å². The first-order chi connectivity index (χ1) is 9.23. The number of morpholine rings is 1. The van der Waals surface area contributed by atoms with E-state index in [4.69, 9.17) is 14.6 Å². The molecule has 1 amide bonds. The van der Waals surface area contributed by atoms with E-state index in [1.807, 2.05) is 0 Å². The van der Waals surface area contributed by atoms with E-state index < -0.39 is 36.3 Å². The molecule has 0 aliphatic carbocycles. The molecule has 2 aliphatic rings. The van der Waals surface area contributed by atoms with E-state index in [9.17, 15) is 22.8 Å². The van der Waals surface area contributed by atoms with Gasteiger partial charge in [-0.2, -0.15) is 13.2 Å². The molecular formula is C11H14F3NO5. The number of carbonyl (C=O) groups excluding carboxylic acids is 1. The molecule has 0 aromatic carbocycles. The molecule has 1 spiro atoms. The molecule has 0 radical (unpaired) electrons. The fourth-order valence-corrected chi connectivity index (χ4v) is 2.47. The minimum atomic E-state index is -5.02. The zero-order valence-corrected chi connectivity index (χ0v) is 10.5. The van der Waals surface area contributed by atoms with E-state index in [1.165, 1.54) is 0 Å². The third-order valence-electron chi connectivity index (χ3n) is 3.47. The molecular weight excluding hydrogens is 283 g/mol. The number of carbonyl (C=O) groups is 2. The second kappa shape index (κ2) is 5.21. The number of alkyl halides is 3. The smallest absolute Gasteiger partial charge is 0.471 e. The van der Waals surface area contributed by atoms with Crippen molar-refractivity contribution in [3.05, 3.63) is 0 Å². The van der Waals surface area contributed by atoms with Crippen molar-refractivity contribution in [2.24, 2.45) is 0 Å². The van der Waals surface area contributed by atoms with Crippen LogP contribution < -0.4 is 0 Å². The Bertz CT molecular complexity index is 405. The number of carboxylic acids is 1. The van der Waals surface area contributed by atoms with Crippen LogP contribution in [0, 0.1) is 0 Å². The van der Waals surface area contributed by atoms with Crippen molar-refractivity contribution in [2.75, 3.05) is 26.3 Å². The van der Waals surface area contributed by atoms with E-state index in [0.717, 1.165) is 0 Å². The first kappa shape index (κ1) is 15.0. The number of nitrogens with zero attached hydrogens (tertiary/aromatic N) is 1. The lowest BCUT2D eigenvalue weighted by atomic mass is 9.91. The molecule has 1 unspecified atom stereocenters. The highest BCUT2D eigenvalue weighted by Gasteiger charge is 2.51. The molecule has 2 heterocycles. The number of aliphatic carboxylic acids is 1. The molecule has 0 saturated carbocycles. The molecule has 0 aromatic rings. The maximum atomic E-state index is 12.5. The van der Waals surface area contributed by atoms with Crippen molar-refractivity contribution in [2.45, 2.75) is 30.7 Å². The Morgan fingerprint density at radius 2 is 1.85 bits per heavy atom. The average Bonchev–Trinajstić information content (AvgIpc) is 2.37. The molecule has 1 atom stereocenters. The van der Waals surface area contributed by atoms with Crippen molar-refractivity contribution >= 4 is 11.9 Å². The Balaban J connectivity index is 2.20. The molecule has 0 aromatic heterocycles. The normalized spacial score (nSPS) is 26.6. The number of hydrogen-bond donors (Lipinski definition) is 1. The number of carboxylic acid groups (broad SMARTS) is 1. The molecule has 2 fully saturated rings. The van der Waals surface area contributed by atoms with Gasteiger partial charge in [0.05, 0.1) is 18.7 Å². The summed E-state index contributed by atoms with van der Waals surface area (Å²) < 4.78 is 48.1. The Morgan fingerprint density at radius 3 is 2.35 bits per heavy atom. The molecule has 114 valence electrons. The first-order valence-electron chi connectivity index (χ1n) is 6.08. The van der Waals surface area contributed by atoms with Crippen molar-refractivity contribution < 1.29 is 37.3 Å². The van der Waals surface area contributed by atoms with Crippen LogP contribution in [0.15, 0.2) is 0 Å². The zero-order chi connectivity index (χ0) is 15.0.